The molecule has 0 aliphatic rings. The molecule has 0 saturated heterocycles. The Kier molecular flexibility index (Phi) is 1.59. The van der Waals surface area contributed by atoms with E-state index in [0.29, 0.717) is 11.2 Å². The maximum Gasteiger partial charge on any atom is 0.286 e. The van der Waals surface area contributed by atoms with Crippen LogP contribution in [0.5, 0.6) is 0 Å². The van der Waals surface area contributed by atoms with Gasteiger partial charge in [0.1, 0.15) is 5.52 Å². The van der Waals surface area contributed by atoms with Crippen LogP contribution in [0.25, 0.3) is 11.2 Å². The number of primary amides is 1. The number of nitrogens with zero attached hydrogens (tertiary/aromatic N) is 4. The molecule has 0 fully saturated rings. The lowest BCUT2D eigenvalue weighted by Gasteiger charge is -1.95. The third kappa shape index (κ3) is 1.28. The van der Waals surface area contributed by atoms with Crippen LogP contribution in [-0.4, -0.2) is 25.8 Å². The number of nitrogens with two attached hydrogens (primary N) is 1. The van der Waals surface area contributed by atoms with Gasteiger partial charge in [-0.1, -0.05) is 0 Å². The minimum absolute atomic E-state index is 0.0481. The number of rotatable bonds is 1. The summed E-state index contributed by atoms with van der Waals surface area (Å²) in [4.78, 5) is 26.1. The Hall–Kier alpha value is -2.11. The largest absolute Gasteiger partial charge is 0.363 e. The van der Waals surface area contributed by atoms with Crippen LogP contribution in [0.1, 0.15) is 10.6 Å². The van der Waals surface area contributed by atoms with E-state index in [-0.39, 0.29) is 5.82 Å². The normalized spacial score (nSPS) is 10.2. The van der Waals surface area contributed by atoms with E-state index >= 15 is 0 Å². The lowest BCUT2D eigenvalue weighted by atomic mass is 10.5. The standard InChI is InChI=1S/C7H5N5O/c8-5(13)7-11-3-4-6(12-7)10-2-1-9-4/h1-3H,(H2,8,13). The van der Waals surface area contributed by atoms with Gasteiger partial charge in [0.25, 0.3) is 5.91 Å². The predicted molar refractivity (Wildman–Crippen MR) is 43.6 cm³/mol. The molecule has 2 aromatic heterocycles. The fourth-order valence-corrected chi connectivity index (χ4v) is 0.889. The monoisotopic (exact) mass is 175 g/mol. The average Bonchev–Trinajstić information content (AvgIpc) is 2.17. The molecule has 0 saturated carbocycles. The molecule has 64 valence electrons. The van der Waals surface area contributed by atoms with Crippen molar-refractivity contribution in [3.05, 3.63) is 24.4 Å². The van der Waals surface area contributed by atoms with Gasteiger partial charge >= 0.3 is 0 Å². The van der Waals surface area contributed by atoms with Crippen LogP contribution in [0.2, 0.25) is 0 Å². The fraction of sp³-hybridized carbons (Fsp3) is 0. The van der Waals surface area contributed by atoms with Gasteiger partial charge in [-0.2, -0.15) is 0 Å². The van der Waals surface area contributed by atoms with E-state index in [9.17, 15) is 4.79 Å². The third-order valence-corrected chi connectivity index (χ3v) is 1.45. The molecule has 2 N–H and O–H groups in total. The Morgan fingerprint density at radius 2 is 2.00 bits per heavy atom. The van der Waals surface area contributed by atoms with Crippen molar-refractivity contribution in [3.8, 4) is 0 Å². The SMILES string of the molecule is NC(=O)c1ncc2nccnc2n1. The maximum absolute atomic E-state index is 10.7. The first-order valence-electron chi connectivity index (χ1n) is 3.51. The zero-order valence-electron chi connectivity index (χ0n) is 6.51. The van der Waals surface area contributed by atoms with Crippen LogP contribution in [0, 0.1) is 0 Å². The van der Waals surface area contributed by atoms with Gasteiger partial charge in [-0.25, -0.2) is 19.9 Å². The van der Waals surface area contributed by atoms with Crippen molar-refractivity contribution >= 4 is 17.1 Å². The minimum Gasteiger partial charge on any atom is -0.363 e. The van der Waals surface area contributed by atoms with E-state index < -0.39 is 5.91 Å². The molecule has 6 nitrogen and oxygen atoms in total. The third-order valence-electron chi connectivity index (χ3n) is 1.45. The molecule has 0 unspecified atom stereocenters. The smallest absolute Gasteiger partial charge is 0.286 e. The van der Waals surface area contributed by atoms with Crippen LogP contribution < -0.4 is 5.73 Å². The summed E-state index contributed by atoms with van der Waals surface area (Å²) in [7, 11) is 0. The minimum atomic E-state index is -0.674. The topological polar surface area (TPSA) is 94.7 Å². The summed E-state index contributed by atoms with van der Waals surface area (Å²) in [6.45, 7) is 0. The molecule has 1 amide bonds. The number of carbonyl (C=O) groups is 1. The summed E-state index contributed by atoms with van der Waals surface area (Å²) < 4.78 is 0. The van der Waals surface area contributed by atoms with Crippen molar-refractivity contribution < 1.29 is 4.79 Å². The first kappa shape index (κ1) is 7.53. The summed E-state index contributed by atoms with van der Waals surface area (Å²) in [6.07, 6.45) is 4.42. The second kappa shape index (κ2) is 2.74. The summed E-state index contributed by atoms with van der Waals surface area (Å²) >= 11 is 0. The summed E-state index contributed by atoms with van der Waals surface area (Å²) in [6, 6.07) is 0. The first-order chi connectivity index (χ1) is 6.27. The lowest BCUT2D eigenvalue weighted by molar-refractivity contribution is 0.0990. The molecular weight excluding hydrogens is 170 g/mol. The van der Waals surface area contributed by atoms with Gasteiger partial charge in [0, 0.05) is 12.4 Å². The first-order valence-corrected chi connectivity index (χ1v) is 3.51. The van der Waals surface area contributed by atoms with Crippen LogP contribution in [0.4, 0.5) is 0 Å². The van der Waals surface area contributed by atoms with Gasteiger partial charge in [-0.05, 0) is 0 Å². The quantitative estimate of drug-likeness (QED) is 0.631. The Balaban J connectivity index is 2.69. The summed E-state index contributed by atoms with van der Waals surface area (Å²) in [5.74, 6) is -0.722. The van der Waals surface area contributed by atoms with E-state index in [4.69, 9.17) is 5.73 Å². The Morgan fingerprint density at radius 3 is 2.77 bits per heavy atom. The van der Waals surface area contributed by atoms with Crippen LogP contribution in [0.3, 0.4) is 0 Å². The molecule has 0 atom stereocenters. The van der Waals surface area contributed by atoms with Crippen molar-refractivity contribution in [1.29, 1.82) is 0 Å². The molecule has 0 bridgehead atoms. The second-order valence-corrected chi connectivity index (χ2v) is 2.32. The van der Waals surface area contributed by atoms with E-state index in [0.717, 1.165) is 0 Å². The van der Waals surface area contributed by atoms with E-state index in [2.05, 4.69) is 19.9 Å². The predicted octanol–water partition coefficient (Wildman–Crippen LogP) is -0.481. The molecule has 2 rings (SSSR count). The number of aromatic nitrogens is 4. The van der Waals surface area contributed by atoms with Crippen molar-refractivity contribution in [1.82, 2.24) is 19.9 Å². The molecule has 2 aromatic rings. The van der Waals surface area contributed by atoms with E-state index in [1.54, 1.807) is 0 Å². The Labute approximate surface area is 72.9 Å². The van der Waals surface area contributed by atoms with Crippen LogP contribution in [0.15, 0.2) is 18.6 Å². The van der Waals surface area contributed by atoms with Crippen molar-refractivity contribution in [2.45, 2.75) is 0 Å². The highest BCUT2D eigenvalue weighted by Crippen LogP contribution is 2.02. The van der Waals surface area contributed by atoms with Gasteiger partial charge < -0.3 is 5.73 Å². The zero-order chi connectivity index (χ0) is 9.26. The summed E-state index contributed by atoms with van der Waals surface area (Å²) in [5, 5.41) is 0. The Morgan fingerprint density at radius 1 is 1.23 bits per heavy atom. The number of fused-ring (bicyclic) bond motifs is 1. The van der Waals surface area contributed by atoms with Crippen LogP contribution in [-0.2, 0) is 0 Å². The highest BCUT2D eigenvalue weighted by molar-refractivity contribution is 5.90. The number of hydrogen-bond acceptors (Lipinski definition) is 5. The van der Waals surface area contributed by atoms with Crippen molar-refractivity contribution in [2.24, 2.45) is 5.73 Å². The van der Waals surface area contributed by atoms with Gasteiger partial charge in [-0.15, -0.1) is 0 Å². The van der Waals surface area contributed by atoms with Crippen molar-refractivity contribution in [3.63, 3.8) is 0 Å². The van der Waals surface area contributed by atoms with Gasteiger partial charge in [0.05, 0.1) is 6.20 Å². The van der Waals surface area contributed by atoms with Gasteiger partial charge in [0.15, 0.2) is 5.65 Å². The fourth-order valence-electron chi connectivity index (χ4n) is 0.889. The molecule has 0 aliphatic heterocycles. The molecule has 0 aromatic carbocycles. The average molecular weight is 175 g/mol. The molecular formula is C7H5N5O. The van der Waals surface area contributed by atoms with Gasteiger partial charge in [0.2, 0.25) is 5.82 Å². The number of hydrogen-bond donors (Lipinski definition) is 1. The maximum atomic E-state index is 10.7. The molecule has 2 heterocycles. The van der Waals surface area contributed by atoms with E-state index in [1.165, 1.54) is 18.6 Å². The molecule has 0 spiro atoms. The molecule has 0 radical (unpaired) electrons. The Bertz CT molecular complexity index is 469. The highest BCUT2D eigenvalue weighted by atomic mass is 16.1. The van der Waals surface area contributed by atoms with Gasteiger partial charge in [-0.3, -0.25) is 4.79 Å². The second-order valence-electron chi connectivity index (χ2n) is 2.32. The molecule has 13 heavy (non-hydrogen) atoms. The summed E-state index contributed by atoms with van der Waals surface area (Å²) in [5.41, 5.74) is 5.89. The number of carbonyl (C=O) groups excluding carboxylic acids is 1. The number of amides is 1. The van der Waals surface area contributed by atoms with Crippen LogP contribution >= 0.6 is 0 Å². The zero-order valence-corrected chi connectivity index (χ0v) is 6.51. The van der Waals surface area contributed by atoms with Crippen molar-refractivity contribution in [2.75, 3.05) is 0 Å². The lowest BCUT2D eigenvalue weighted by Crippen LogP contribution is -2.15. The van der Waals surface area contributed by atoms with E-state index in [1.807, 2.05) is 0 Å². The highest BCUT2D eigenvalue weighted by Gasteiger charge is 2.05. The molecule has 0 aliphatic carbocycles. The molecule has 6 heteroatoms.